The number of anilines is 1. The summed E-state index contributed by atoms with van der Waals surface area (Å²) in [5.41, 5.74) is 3.17. The normalized spacial score (nSPS) is 16.2. The molecular formula is C22H25ClN4OS. The number of amides is 1. The molecule has 0 aromatic heterocycles. The maximum Gasteiger partial charge on any atom is 0.272 e. The van der Waals surface area contributed by atoms with Crippen molar-refractivity contribution in [3.8, 4) is 0 Å². The Morgan fingerprint density at radius 2 is 1.90 bits per heavy atom. The molecule has 1 amide bonds. The number of nitrogens with one attached hydrogen (secondary N) is 2. The maximum atomic E-state index is 13.2. The number of hydrogen-bond acceptors (Lipinski definition) is 3. The van der Waals surface area contributed by atoms with Gasteiger partial charge in [-0.25, -0.2) is 4.99 Å². The number of aliphatic imine (C=N–C) groups is 1. The van der Waals surface area contributed by atoms with Crippen LogP contribution in [0.25, 0.3) is 0 Å². The number of thiocarbonyl (C=S) groups is 1. The lowest BCUT2D eigenvalue weighted by atomic mass is 10.0. The van der Waals surface area contributed by atoms with Crippen molar-refractivity contribution in [2.24, 2.45) is 4.99 Å². The van der Waals surface area contributed by atoms with Crippen molar-refractivity contribution in [2.75, 3.05) is 11.9 Å². The monoisotopic (exact) mass is 428 g/mol. The van der Waals surface area contributed by atoms with Crippen molar-refractivity contribution >= 4 is 46.2 Å². The standard InChI is InChI=1S/C22H25ClN4OS/c1-4-16(5-2)24-22(29)26-20-21(28)27(3)18-12-11-15(23)13-17(18)19(25-20)14-9-7-6-8-10-14/h6-13,16,20H,4-5H2,1-3H3,(H2,24,26,29). The number of fused-ring (bicyclic) bond motifs is 1. The van der Waals surface area contributed by atoms with Gasteiger partial charge in [-0.15, -0.1) is 0 Å². The van der Waals surface area contributed by atoms with Crippen LogP contribution in [0.1, 0.15) is 37.8 Å². The highest BCUT2D eigenvalue weighted by Crippen LogP contribution is 2.29. The minimum Gasteiger partial charge on any atom is -0.360 e. The zero-order valence-electron chi connectivity index (χ0n) is 16.8. The molecule has 1 heterocycles. The van der Waals surface area contributed by atoms with E-state index in [9.17, 15) is 4.79 Å². The molecule has 7 heteroatoms. The lowest BCUT2D eigenvalue weighted by Gasteiger charge is -2.23. The fourth-order valence-corrected chi connectivity index (χ4v) is 3.76. The lowest BCUT2D eigenvalue weighted by Crippen LogP contribution is -2.51. The fourth-order valence-electron chi connectivity index (χ4n) is 3.31. The number of carbonyl (C=O) groups excluding carboxylic acids is 1. The van der Waals surface area contributed by atoms with Gasteiger partial charge in [0.2, 0.25) is 6.17 Å². The highest BCUT2D eigenvalue weighted by atomic mass is 35.5. The summed E-state index contributed by atoms with van der Waals surface area (Å²) in [5.74, 6) is -0.187. The maximum absolute atomic E-state index is 13.2. The van der Waals surface area contributed by atoms with E-state index in [0.717, 1.165) is 29.7 Å². The first kappa shape index (κ1) is 21.3. The molecular weight excluding hydrogens is 404 g/mol. The number of benzodiazepines with no additional fused rings is 1. The molecule has 29 heavy (non-hydrogen) atoms. The van der Waals surface area contributed by atoms with E-state index in [1.54, 1.807) is 18.0 Å². The van der Waals surface area contributed by atoms with E-state index in [-0.39, 0.29) is 11.9 Å². The summed E-state index contributed by atoms with van der Waals surface area (Å²) in [4.78, 5) is 19.6. The van der Waals surface area contributed by atoms with Crippen LogP contribution in [0.15, 0.2) is 53.5 Å². The molecule has 0 saturated heterocycles. The van der Waals surface area contributed by atoms with Crippen molar-refractivity contribution in [1.29, 1.82) is 0 Å². The number of hydrogen-bond donors (Lipinski definition) is 2. The first-order valence-corrected chi connectivity index (χ1v) is 10.5. The van der Waals surface area contributed by atoms with Crippen molar-refractivity contribution < 1.29 is 4.79 Å². The molecule has 2 aromatic carbocycles. The van der Waals surface area contributed by atoms with Crippen LogP contribution in [0.4, 0.5) is 5.69 Å². The highest BCUT2D eigenvalue weighted by Gasteiger charge is 2.30. The van der Waals surface area contributed by atoms with Gasteiger partial charge >= 0.3 is 0 Å². The van der Waals surface area contributed by atoms with Gasteiger partial charge < -0.3 is 15.5 Å². The smallest absolute Gasteiger partial charge is 0.272 e. The minimum atomic E-state index is -0.837. The summed E-state index contributed by atoms with van der Waals surface area (Å²) in [7, 11) is 1.74. The van der Waals surface area contributed by atoms with Crippen LogP contribution >= 0.6 is 23.8 Å². The van der Waals surface area contributed by atoms with E-state index in [0.29, 0.717) is 15.8 Å². The van der Waals surface area contributed by atoms with Gasteiger partial charge in [0, 0.05) is 29.2 Å². The highest BCUT2D eigenvalue weighted by molar-refractivity contribution is 7.80. The van der Waals surface area contributed by atoms with Crippen LogP contribution in [-0.2, 0) is 4.79 Å². The molecule has 3 rings (SSSR count). The van der Waals surface area contributed by atoms with E-state index in [1.807, 2.05) is 42.5 Å². The Balaban J connectivity index is 2.03. The van der Waals surface area contributed by atoms with Gasteiger partial charge in [-0.2, -0.15) is 0 Å². The summed E-state index contributed by atoms with van der Waals surface area (Å²) in [5, 5.41) is 7.37. The molecule has 0 saturated carbocycles. The quantitative estimate of drug-likeness (QED) is 0.703. The van der Waals surface area contributed by atoms with Crippen LogP contribution in [0, 0.1) is 0 Å². The number of benzene rings is 2. The van der Waals surface area contributed by atoms with Gasteiger partial charge in [-0.1, -0.05) is 55.8 Å². The molecule has 0 radical (unpaired) electrons. The average molecular weight is 429 g/mol. The van der Waals surface area contributed by atoms with E-state index < -0.39 is 6.17 Å². The summed E-state index contributed by atoms with van der Waals surface area (Å²) in [6.07, 6.45) is 1.05. The third kappa shape index (κ3) is 4.77. The second kappa shape index (κ2) is 9.37. The number of likely N-dealkylation sites (N-methyl/N-ethyl adjacent to an activating group) is 1. The molecule has 1 atom stereocenters. The van der Waals surface area contributed by atoms with Crippen molar-refractivity contribution in [3.05, 3.63) is 64.7 Å². The SMILES string of the molecule is CCC(CC)NC(=S)NC1N=C(c2ccccc2)c2cc(Cl)ccc2N(C)C1=O. The van der Waals surface area contributed by atoms with Gasteiger partial charge in [0.1, 0.15) is 0 Å². The van der Waals surface area contributed by atoms with Crippen LogP contribution in [0.3, 0.4) is 0 Å². The summed E-state index contributed by atoms with van der Waals surface area (Å²) in [6.45, 7) is 4.20. The van der Waals surface area contributed by atoms with Gasteiger partial charge in [-0.3, -0.25) is 4.79 Å². The molecule has 2 N–H and O–H groups in total. The number of halogens is 1. The number of rotatable bonds is 5. The van der Waals surface area contributed by atoms with Crippen molar-refractivity contribution in [2.45, 2.75) is 38.9 Å². The van der Waals surface area contributed by atoms with Crippen molar-refractivity contribution in [1.82, 2.24) is 10.6 Å². The Hall–Kier alpha value is -2.44. The molecule has 0 spiro atoms. The van der Waals surface area contributed by atoms with Crippen LogP contribution < -0.4 is 15.5 Å². The average Bonchev–Trinajstić information content (AvgIpc) is 2.83. The second-order valence-corrected chi connectivity index (χ2v) is 7.78. The Bertz CT molecular complexity index is 928. The van der Waals surface area contributed by atoms with Gasteiger partial charge in [0.25, 0.3) is 5.91 Å². The number of nitrogens with zero attached hydrogens (tertiary/aromatic N) is 2. The third-order valence-corrected chi connectivity index (χ3v) is 5.50. The zero-order chi connectivity index (χ0) is 21.0. The summed E-state index contributed by atoms with van der Waals surface area (Å²) >= 11 is 11.7. The fraction of sp³-hybridized carbons (Fsp3) is 0.318. The molecule has 1 unspecified atom stereocenters. The zero-order valence-corrected chi connectivity index (χ0v) is 18.3. The van der Waals surface area contributed by atoms with E-state index >= 15 is 0 Å². The minimum absolute atomic E-state index is 0.187. The summed E-state index contributed by atoms with van der Waals surface area (Å²) < 4.78 is 0. The van der Waals surface area contributed by atoms with Crippen molar-refractivity contribution in [3.63, 3.8) is 0 Å². The van der Waals surface area contributed by atoms with E-state index in [2.05, 4.69) is 24.5 Å². The lowest BCUT2D eigenvalue weighted by molar-refractivity contribution is -0.119. The molecule has 5 nitrogen and oxygen atoms in total. The molecule has 152 valence electrons. The molecule has 1 aliphatic heterocycles. The number of carbonyl (C=O) groups is 1. The predicted octanol–water partition coefficient (Wildman–Crippen LogP) is 4.13. The first-order valence-electron chi connectivity index (χ1n) is 9.72. The van der Waals surface area contributed by atoms with Gasteiger partial charge in [0.15, 0.2) is 5.11 Å². The second-order valence-electron chi connectivity index (χ2n) is 6.94. The predicted molar refractivity (Wildman–Crippen MR) is 124 cm³/mol. The Morgan fingerprint density at radius 1 is 1.21 bits per heavy atom. The molecule has 1 aliphatic rings. The van der Waals surface area contributed by atoms with Crippen LogP contribution in [-0.4, -0.2) is 36.0 Å². The molecule has 0 aliphatic carbocycles. The Morgan fingerprint density at radius 3 is 2.55 bits per heavy atom. The van der Waals surface area contributed by atoms with Crippen LogP contribution in [0.5, 0.6) is 0 Å². The van der Waals surface area contributed by atoms with Gasteiger partial charge in [-0.05, 0) is 43.3 Å². The topological polar surface area (TPSA) is 56.7 Å². The summed E-state index contributed by atoms with van der Waals surface area (Å²) in [6, 6.07) is 15.5. The van der Waals surface area contributed by atoms with E-state index in [1.165, 1.54) is 0 Å². The van der Waals surface area contributed by atoms with Gasteiger partial charge in [0.05, 0.1) is 11.4 Å². The Kier molecular flexibility index (Phi) is 6.87. The largest absolute Gasteiger partial charge is 0.360 e. The first-order chi connectivity index (χ1) is 13.9. The molecule has 0 bridgehead atoms. The Labute approximate surface area is 182 Å². The molecule has 2 aromatic rings. The van der Waals surface area contributed by atoms with E-state index in [4.69, 9.17) is 28.8 Å². The molecule has 0 fully saturated rings. The third-order valence-electron chi connectivity index (χ3n) is 5.03. The van der Waals surface area contributed by atoms with Crippen LogP contribution in [0.2, 0.25) is 5.02 Å².